The summed E-state index contributed by atoms with van der Waals surface area (Å²) in [5.41, 5.74) is 4.49. The highest BCUT2D eigenvalue weighted by atomic mass is 32.2. The van der Waals surface area contributed by atoms with Crippen LogP contribution in [-0.2, 0) is 21.2 Å². The molecule has 0 spiro atoms. The standard InChI is InChI=1S/C25H23N3O2S/c1-26-31(30)22-8-5-17(6-9-22)18-3-2-4-21(16-18)28-24(29)25(12-13-25)20-7-10-23-19(15-20)11-14-27-23/h2-11,14-16,26-27H,12-13H2,1H3,(H,28,29). The van der Waals surface area contributed by atoms with E-state index in [2.05, 4.69) is 27.2 Å². The molecular weight excluding hydrogens is 406 g/mol. The molecule has 0 saturated heterocycles. The lowest BCUT2D eigenvalue weighted by atomic mass is 9.93. The largest absolute Gasteiger partial charge is 0.361 e. The molecule has 3 aromatic carbocycles. The van der Waals surface area contributed by atoms with Crippen LogP contribution in [0.3, 0.4) is 0 Å². The van der Waals surface area contributed by atoms with Gasteiger partial charge in [0, 0.05) is 17.4 Å². The fourth-order valence-corrected chi connectivity index (χ4v) is 4.66. The van der Waals surface area contributed by atoms with E-state index in [-0.39, 0.29) is 5.91 Å². The third kappa shape index (κ3) is 3.69. The molecule has 1 atom stereocenters. The number of aromatic nitrogens is 1. The number of hydrogen-bond donors (Lipinski definition) is 3. The minimum absolute atomic E-state index is 0.0410. The smallest absolute Gasteiger partial charge is 0.235 e. The van der Waals surface area contributed by atoms with E-state index in [1.165, 1.54) is 0 Å². The molecule has 1 heterocycles. The van der Waals surface area contributed by atoms with Gasteiger partial charge in [0.15, 0.2) is 0 Å². The molecule has 31 heavy (non-hydrogen) atoms. The van der Waals surface area contributed by atoms with Crippen LogP contribution in [0.15, 0.2) is 83.9 Å². The molecule has 1 aliphatic carbocycles. The number of carbonyl (C=O) groups excluding carboxylic acids is 1. The fraction of sp³-hybridized carbons (Fsp3) is 0.160. The maximum absolute atomic E-state index is 13.2. The Hall–Kier alpha value is -3.22. The highest BCUT2D eigenvalue weighted by molar-refractivity contribution is 7.83. The molecule has 5 rings (SSSR count). The molecule has 156 valence electrons. The number of H-pyrrole nitrogens is 1. The minimum atomic E-state index is -1.20. The summed E-state index contributed by atoms with van der Waals surface area (Å²) in [5.74, 6) is 0.0410. The molecule has 0 bridgehead atoms. The zero-order chi connectivity index (χ0) is 21.4. The zero-order valence-electron chi connectivity index (χ0n) is 17.1. The number of hydrogen-bond acceptors (Lipinski definition) is 2. The first-order valence-electron chi connectivity index (χ1n) is 10.3. The Morgan fingerprint density at radius 2 is 1.77 bits per heavy atom. The van der Waals surface area contributed by atoms with Gasteiger partial charge < -0.3 is 10.3 Å². The van der Waals surface area contributed by atoms with E-state index >= 15 is 0 Å². The van der Waals surface area contributed by atoms with Crippen LogP contribution in [0, 0.1) is 0 Å². The molecule has 0 radical (unpaired) electrons. The summed E-state index contributed by atoms with van der Waals surface area (Å²) in [5, 5.41) is 4.25. The van der Waals surface area contributed by atoms with Gasteiger partial charge in [-0.05, 0) is 84.4 Å². The molecule has 5 nitrogen and oxygen atoms in total. The summed E-state index contributed by atoms with van der Waals surface area (Å²) in [7, 11) is 0.462. The van der Waals surface area contributed by atoms with Crippen molar-refractivity contribution in [3.8, 4) is 11.1 Å². The Balaban J connectivity index is 1.37. The number of amides is 1. The van der Waals surface area contributed by atoms with Gasteiger partial charge >= 0.3 is 0 Å². The van der Waals surface area contributed by atoms with Crippen LogP contribution in [-0.4, -0.2) is 22.1 Å². The Bertz CT molecular complexity index is 1290. The van der Waals surface area contributed by atoms with Gasteiger partial charge in [-0.15, -0.1) is 0 Å². The van der Waals surface area contributed by atoms with E-state index in [0.717, 1.165) is 51.0 Å². The number of rotatable bonds is 6. The van der Waals surface area contributed by atoms with Gasteiger partial charge in [0.1, 0.15) is 11.0 Å². The highest BCUT2D eigenvalue weighted by Gasteiger charge is 2.51. The predicted octanol–water partition coefficient (Wildman–Crippen LogP) is 4.75. The van der Waals surface area contributed by atoms with Crippen molar-refractivity contribution in [2.45, 2.75) is 23.2 Å². The zero-order valence-corrected chi connectivity index (χ0v) is 18.0. The Morgan fingerprint density at radius 1 is 0.968 bits per heavy atom. The second-order valence-corrected chi connectivity index (χ2v) is 9.31. The predicted molar refractivity (Wildman–Crippen MR) is 125 cm³/mol. The van der Waals surface area contributed by atoms with Crippen LogP contribution >= 0.6 is 0 Å². The van der Waals surface area contributed by atoms with Crippen molar-refractivity contribution < 1.29 is 9.00 Å². The van der Waals surface area contributed by atoms with Crippen molar-refractivity contribution >= 4 is 33.5 Å². The SMILES string of the molecule is CNS(=O)c1ccc(-c2cccc(NC(=O)C3(c4ccc5[nH]ccc5c4)CC3)c2)cc1. The molecule has 1 aromatic heterocycles. The summed E-state index contributed by atoms with van der Waals surface area (Å²) < 4.78 is 14.6. The molecule has 3 N–H and O–H groups in total. The van der Waals surface area contributed by atoms with Crippen molar-refractivity contribution in [1.29, 1.82) is 0 Å². The maximum atomic E-state index is 13.2. The third-order valence-corrected chi connectivity index (χ3v) is 7.07. The second kappa shape index (κ2) is 7.80. The summed E-state index contributed by atoms with van der Waals surface area (Å²) in [4.78, 5) is 17.1. The average Bonchev–Trinajstić information content (AvgIpc) is 3.49. The van der Waals surface area contributed by atoms with Crippen molar-refractivity contribution in [3.63, 3.8) is 0 Å². The van der Waals surface area contributed by atoms with Crippen LogP contribution in [0.5, 0.6) is 0 Å². The van der Waals surface area contributed by atoms with E-state index in [9.17, 15) is 9.00 Å². The monoisotopic (exact) mass is 429 g/mol. The first-order valence-corrected chi connectivity index (χ1v) is 11.4. The summed E-state index contributed by atoms with van der Waals surface area (Å²) in [6, 6.07) is 23.7. The van der Waals surface area contributed by atoms with E-state index in [1.807, 2.05) is 66.9 Å². The van der Waals surface area contributed by atoms with Crippen LogP contribution in [0.1, 0.15) is 18.4 Å². The van der Waals surface area contributed by atoms with Crippen molar-refractivity contribution in [2.24, 2.45) is 0 Å². The summed E-state index contributed by atoms with van der Waals surface area (Å²) in [6.45, 7) is 0. The van der Waals surface area contributed by atoms with Gasteiger partial charge in [-0.25, -0.2) is 8.93 Å². The number of aromatic amines is 1. The van der Waals surface area contributed by atoms with Crippen molar-refractivity contribution in [2.75, 3.05) is 12.4 Å². The van der Waals surface area contributed by atoms with Gasteiger partial charge in [-0.1, -0.05) is 30.3 Å². The Morgan fingerprint density at radius 3 is 2.52 bits per heavy atom. The van der Waals surface area contributed by atoms with Gasteiger partial charge in [0.25, 0.3) is 0 Å². The first-order chi connectivity index (χ1) is 15.1. The average molecular weight is 430 g/mol. The first kappa shape index (κ1) is 19.7. The number of anilines is 1. The van der Waals surface area contributed by atoms with E-state index in [0.29, 0.717) is 0 Å². The molecule has 1 unspecified atom stereocenters. The lowest BCUT2D eigenvalue weighted by Crippen LogP contribution is -2.27. The Kier molecular flexibility index (Phi) is 4.96. The summed E-state index contributed by atoms with van der Waals surface area (Å²) in [6.07, 6.45) is 3.64. The van der Waals surface area contributed by atoms with E-state index in [4.69, 9.17) is 0 Å². The van der Waals surface area contributed by atoms with Crippen LogP contribution in [0.2, 0.25) is 0 Å². The number of benzene rings is 3. The van der Waals surface area contributed by atoms with Crippen LogP contribution < -0.4 is 10.0 Å². The number of fused-ring (bicyclic) bond motifs is 1. The summed E-state index contributed by atoms with van der Waals surface area (Å²) >= 11 is 0. The van der Waals surface area contributed by atoms with Crippen LogP contribution in [0.4, 0.5) is 5.69 Å². The number of nitrogens with one attached hydrogen (secondary N) is 3. The molecule has 6 heteroatoms. The van der Waals surface area contributed by atoms with Gasteiger partial charge in [0.2, 0.25) is 5.91 Å². The minimum Gasteiger partial charge on any atom is -0.361 e. The normalized spacial score (nSPS) is 15.5. The molecule has 1 aliphatic rings. The van der Waals surface area contributed by atoms with Gasteiger partial charge in [-0.3, -0.25) is 4.79 Å². The quantitative estimate of drug-likeness (QED) is 0.414. The van der Waals surface area contributed by atoms with Crippen molar-refractivity contribution in [3.05, 3.63) is 84.6 Å². The second-order valence-electron chi connectivity index (χ2n) is 7.89. The lowest BCUT2D eigenvalue weighted by Gasteiger charge is -2.16. The fourth-order valence-electron chi connectivity index (χ4n) is 4.04. The topological polar surface area (TPSA) is 74.0 Å². The molecule has 1 saturated carbocycles. The van der Waals surface area contributed by atoms with E-state index in [1.54, 1.807) is 7.05 Å². The van der Waals surface area contributed by atoms with Gasteiger partial charge in [0.05, 0.1) is 10.3 Å². The molecule has 0 aliphatic heterocycles. The lowest BCUT2D eigenvalue weighted by molar-refractivity contribution is -0.118. The molecule has 4 aromatic rings. The number of carbonyl (C=O) groups is 1. The molecule has 1 fully saturated rings. The van der Waals surface area contributed by atoms with Gasteiger partial charge in [-0.2, -0.15) is 0 Å². The molecule has 1 amide bonds. The third-order valence-electron chi connectivity index (χ3n) is 6.00. The maximum Gasteiger partial charge on any atom is 0.235 e. The Labute approximate surface area is 183 Å². The molecular formula is C25H23N3O2S. The van der Waals surface area contributed by atoms with E-state index < -0.39 is 16.4 Å². The highest BCUT2D eigenvalue weighted by Crippen LogP contribution is 2.49. The van der Waals surface area contributed by atoms with Crippen LogP contribution in [0.25, 0.3) is 22.0 Å². The van der Waals surface area contributed by atoms with Crippen molar-refractivity contribution in [1.82, 2.24) is 9.71 Å².